The fourth-order valence-corrected chi connectivity index (χ4v) is 25.8. The minimum Gasteiger partial charge on any atom is -1.00 e. The maximum atomic E-state index is 11.9. The third-order valence-corrected chi connectivity index (χ3v) is 32.4. The van der Waals surface area contributed by atoms with Crippen LogP contribution in [0.2, 0.25) is 0 Å². The summed E-state index contributed by atoms with van der Waals surface area (Å²) in [7, 11) is -3.55. The van der Waals surface area contributed by atoms with E-state index in [0.717, 1.165) is 224 Å². The molecule has 3 aliphatic carbocycles. The van der Waals surface area contributed by atoms with Gasteiger partial charge in [0.2, 0.25) is 0 Å². The summed E-state index contributed by atoms with van der Waals surface area (Å²) in [6.45, 7) is 26.5. The minimum absolute atomic E-state index is 0. The molecule has 18 fully saturated rings. The Morgan fingerprint density at radius 3 is 1.37 bits per heavy atom. The summed E-state index contributed by atoms with van der Waals surface area (Å²) in [5.41, 5.74) is -0.637. The Bertz CT molecular complexity index is 4260. The topological polar surface area (TPSA) is 460 Å². The van der Waals surface area contributed by atoms with Crippen LogP contribution in [0.3, 0.4) is 0 Å². The van der Waals surface area contributed by atoms with Gasteiger partial charge in [-0.3, -0.25) is 10.6 Å². The van der Waals surface area contributed by atoms with Crippen molar-refractivity contribution < 1.29 is 176 Å². The van der Waals surface area contributed by atoms with Crippen molar-refractivity contribution >= 4 is 37.3 Å². The van der Waals surface area contributed by atoms with Gasteiger partial charge in [-0.1, -0.05) is 147 Å². The zero-order chi connectivity index (χ0) is 102. The zero-order valence-corrected chi connectivity index (χ0v) is 89.9. The number of sulfonamides is 1. The van der Waals surface area contributed by atoms with E-state index in [0.29, 0.717) is 48.7 Å². The van der Waals surface area contributed by atoms with E-state index in [-0.39, 0.29) is 247 Å². The number of hydrazine groups is 1. The molecule has 1 aromatic rings. The number of nitrogens with two attached hydrogens (primary N) is 1. The number of aldehydes is 1. The summed E-state index contributed by atoms with van der Waals surface area (Å²) < 4.78 is 118. The number of fused-ring (bicyclic) bond motifs is 9. The standard InChI is InChI=1S/C14H26O4.C14H22O4.C13H20O4.C13H18O4.2C13H20O3.C13H18O3.C9H14N2O2S.2C2H6O.CH2O.B.Na.H/c2*1-2-4-11-6-7-13-14(10-16,18-11)9-12(17-13)5-3-8-15;2*1-2-3-7-4-5-9-13(17-7)6-8(15-9)10(14)11-12(13)16-11;1-2-3-9-4-5-12-13(16-9)7-6-10(14)11(8-13)15-12;2*1-3-5-11-6-7-12-13(9-14,16-11)8-10(4-2)15-12;1-6-4-7(2)9(8(3)5-6)14(12,13)11-10;2*1-2-3;1-2;;;/h11-13,15-16H,2-10H2,1H3;11-13,15-16H,2,4,6-10H2,1H3;7-12,14H,2-6H2,1H3;7-9,11-12H,2-6H2,1H3;6-7,9-12,14H,2-5,8H2,1H3;2,10-12,14H,3,5-9H2,1H3;2,9-12H,3,5-8H2,1H3;4-5,11H,10H2,1-3H3;2*3H,2H2,1H3;1H2;;;/q;;;;;;;;;;;;+1;-1/t2*11-,12-,13-,14+;7-,8+,9-,10-,11-,12-,13-;7-,8+,9-,11-,12-,13-;9-,10+,11+,12-,13-;2*10-,11-,12-,13+;;;;;;;/m0000000......./s1. The number of ether oxygens (including phenoxy) is 16. The SMILES string of the molecule is C#C[C@H]1C[C@]2(C=O)O[C@@H](CCC)CC[C@@H]2O1.C#C[C@H]1C[C@]2(CO)O[C@@H](CCC)CC[C@@H]2O1.C=O.CCC[C@H]1CC[C@@H]2O[C@@H](C#CCO)C[C@]2(CO)O1.CCC[C@H]1CC[C@@H]2O[C@@H](CCCO)C[C@]2(CO)O1.CCC[C@H]1CC[C@@H]2O[C@@H]3C[C@@]2(O1)[C@H]1O[C@H]1C3=O.CCC[C@H]1CC[C@@H]2O[C@@H]3C[C@@]2(O1)[C@H]1O[C@H]1[C@H]3O.CCC[C@H]1CC[C@@H]2O[C@@H]3C[C@]2(C=C[C@H]3O)O1.CCO.CCO.Cc1cc(C)c(S(=O)(=O)NN)c(C)c1.[B].[H-].[Na+]. The second-order valence-electron chi connectivity index (χ2n) is 41.2. The van der Waals surface area contributed by atoms with Gasteiger partial charge in [0.1, 0.15) is 102 Å². The normalized spacial score (nSPS) is 40.5. The third kappa shape index (κ3) is 29.5. The predicted octanol–water partition coefficient (Wildman–Crippen LogP) is 6.98. The molecule has 801 valence electrons. The second-order valence-corrected chi connectivity index (χ2v) is 42.9. The molecule has 34 atom stereocenters. The van der Waals surface area contributed by atoms with Crippen molar-refractivity contribution in [2.45, 2.75) is 530 Å². The number of carbonyl (C=O) groups is 3. The Morgan fingerprint density at radius 2 is 0.894 bits per heavy atom. The molecule has 2 saturated carbocycles. The van der Waals surface area contributed by atoms with Crippen LogP contribution in [0.15, 0.2) is 29.2 Å². The second kappa shape index (κ2) is 57.9. The number of benzene rings is 1. The van der Waals surface area contributed by atoms with Crippen LogP contribution in [0.25, 0.3) is 0 Å². The van der Waals surface area contributed by atoms with Crippen molar-refractivity contribution in [1.82, 2.24) is 4.83 Å². The quantitative estimate of drug-likeness (QED) is 0.0100. The van der Waals surface area contributed by atoms with Crippen LogP contribution >= 0.6 is 0 Å². The van der Waals surface area contributed by atoms with Gasteiger partial charge in [-0.25, -0.2) is 8.42 Å². The molecule has 3 spiro atoms. The molecule has 19 aliphatic rings. The molecule has 12 N–H and O–H groups in total. The molecule has 16 heterocycles. The van der Waals surface area contributed by atoms with E-state index in [9.17, 15) is 43.5 Å². The summed E-state index contributed by atoms with van der Waals surface area (Å²) in [5.74, 6) is 15.8. The molecule has 16 aliphatic heterocycles. The van der Waals surface area contributed by atoms with Crippen LogP contribution < -0.4 is 40.2 Å². The number of terminal acetylenes is 2. The fourth-order valence-electron chi connectivity index (χ4n) is 24.7. The number of epoxide rings is 2. The first-order chi connectivity index (χ1) is 67.4. The molecule has 0 amide bonds. The summed E-state index contributed by atoms with van der Waals surface area (Å²) in [6, 6.07) is 3.63. The maximum absolute atomic E-state index is 11.9. The van der Waals surface area contributed by atoms with Crippen molar-refractivity contribution in [2.75, 3.05) is 46.2 Å². The Kier molecular flexibility index (Phi) is 50.4. The fraction of sp³-hybridized carbons (Fsp3) is 0.841. The van der Waals surface area contributed by atoms with Crippen molar-refractivity contribution in [3.63, 3.8) is 0 Å². The molecular formula is C107H173BN2NaO30S. The largest absolute Gasteiger partial charge is 1.00 e. The van der Waals surface area contributed by atoms with Crippen molar-refractivity contribution in [3.8, 4) is 36.5 Å². The number of hydrogen-bond acceptors (Lipinski definition) is 31. The number of ketones is 1. The number of aliphatic hydroxyl groups is 9. The number of aliphatic hydroxyl groups excluding tert-OH is 9. The number of hydrogen-bond donors (Lipinski definition) is 11. The van der Waals surface area contributed by atoms with Crippen LogP contribution in [-0.2, 0) is 100 Å². The van der Waals surface area contributed by atoms with Crippen LogP contribution in [0.4, 0.5) is 0 Å². The smallest absolute Gasteiger partial charge is 1.00 e. The number of Topliss-reactive ketones (excluding diaryl/α,β-unsaturated/α-hetero) is 1. The third-order valence-electron chi connectivity index (χ3n) is 30.9. The molecule has 6 bridgehead atoms. The molecule has 3 radical (unpaired) electrons. The Morgan fingerprint density at radius 1 is 0.479 bits per heavy atom. The van der Waals surface area contributed by atoms with Gasteiger partial charge in [0, 0.05) is 73.2 Å². The van der Waals surface area contributed by atoms with Crippen LogP contribution in [0, 0.1) is 57.3 Å². The first kappa shape index (κ1) is 124. The number of nitrogens with one attached hydrogen (secondary N) is 1. The average molecular weight is 2030 g/mol. The summed E-state index contributed by atoms with van der Waals surface area (Å²) in [5, 5.41) is 81.5. The Labute approximate surface area is 871 Å². The van der Waals surface area contributed by atoms with Gasteiger partial charge in [0.05, 0.1) is 135 Å². The monoisotopic (exact) mass is 2030 g/mol. The zero-order valence-electron chi connectivity index (χ0n) is 88.1. The van der Waals surface area contributed by atoms with Gasteiger partial charge < -0.3 is 133 Å². The predicted molar refractivity (Wildman–Crippen MR) is 529 cm³/mol. The van der Waals surface area contributed by atoms with E-state index < -0.39 is 44.6 Å². The van der Waals surface area contributed by atoms with Gasteiger partial charge in [0.25, 0.3) is 10.0 Å². The van der Waals surface area contributed by atoms with Gasteiger partial charge in [0.15, 0.2) is 17.7 Å². The average Bonchev–Trinajstić information content (AvgIpc) is 1.53. The number of carbonyl (C=O) groups excluding carboxylic acids is 3. The van der Waals surface area contributed by atoms with Gasteiger partial charge in [-0.15, -0.1) is 12.8 Å². The summed E-state index contributed by atoms with van der Waals surface area (Å²) >= 11 is 0. The van der Waals surface area contributed by atoms with E-state index >= 15 is 0 Å². The van der Waals surface area contributed by atoms with Crippen LogP contribution in [0.5, 0.6) is 0 Å². The van der Waals surface area contributed by atoms with E-state index in [1.165, 1.54) is 6.42 Å². The minimum atomic E-state index is -3.55. The van der Waals surface area contributed by atoms with Gasteiger partial charge in [-0.2, -0.15) is 4.83 Å². The molecule has 35 heteroatoms. The van der Waals surface area contributed by atoms with Gasteiger partial charge >= 0.3 is 29.6 Å². The molecule has 0 aromatic heterocycles. The number of aryl methyl sites for hydroxylation is 3. The first-order valence-corrected chi connectivity index (χ1v) is 54.3. The van der Waals surface area contributed by atoms with Crippen molar-refractivity contribution in [3.05, 3.63) is 41.0 Å². The van der Waals surface area contributed by atoms with E-state index in [2.05, 4.69) is 72.1 Å². The summed E-state index contributed by atoms with van der Waals surface area (Å²) in [4.78, 5) is 33.3. The van der Waals surface area contributed by atoms with Gasteiger partial charge in [-0.05, 0) is 193 Å². The molecule has 1 aromatic carbocycles. The van der Waals surface area contributed by atoms with Crippen molar-refractivity contribution in [1.29, 1.82) is 0 Å². The maximum Gasteiger partial charge on any atom is 1.00 e. The molecule has 0 unspecified atom stereocenters. The van der Waals surface area contributed by atoms with E-state index in [1.54, 1.807) is 27.7 Å². The summed E-state index contributed by atoms with van der Waals surface area (Å²) in [6.07, 6.45) is 51.7. The number of rotatable bonds is 23. The van der Waals surface area contributed by atoms with E-state index in [4.69, 9.17) is 120 Å². The molecular weight excluding hydrogens is 1860 g/mol. The van der Waals surface area contributed by atoms with E-state index in [1.807, 2.05) is 42.8 Å². The molecule has 32 nitrogen and oxygen atoms in total. The molecule has 20 rings (SSSR count). The van der Waals surface area contributed by atoms with Crippen molar-refractivity contribution in [2.24, 2.45) is 5.84 Å². The van der Waals surface area contributed by atoms with Crippen LogP contribution in [0.1, 0.15) is 318 Å². The van der Waals surface area contributed by atoms with Crippen LogP contribution in [-0.4, -0.2) is 332 Å². The molecule has 142 heavy (non-hydrogen) atoms. The Balaban J connectivity index is 0.000000219. The molecule has 16 saturated heterocycles. The first-order valence-electron chi connectivity index (χ1n) is 52.8. The Hall–Kier alpha value is -3.42.